The molecular formula is C24H17ClN2O. The molecule has 0 aliphatic heterocycles. The highest BCUT2D eigenvalue weighted by atomic mass is 35.5. The van der Waals surface area contributed by atoms with Gasteiger partial charge in [0.1, 0.15) is 0 Å². The van der Waals surface area contributed by atoms with E-state index in [0.29, 0.717) is 10.6 Å². The average molecular weight is 385 g/mol. The lowest BCUT2D eigenvalue weighted by Crippen LogP contribution is -1.93. The van der Waals surface area contributed by atoms with E-state index in [1.54, 1.807) is 18.2 Å². The Morgan fingerprint density at radius 2 is 1.50 bits per heavy atom. The number of hydrogen-bond acceptors (Lipinski definition) is 2. The summed E-state index contributed by atoms with van der Waals surface area (Å²) in [5, 5.41) is 5.41. The second-order valence-electron chi connectivity index (χ2n) is 6.28. The van der Waals surface area contributed by atoms with Crippen molar-refractivity contribution < 1.29 is 4.79 Å². The van der Waals surface area contributed by atoms with Gasteiger partial charge in [-0.2, -0.15) is 5.10 Å². The van der Waals surface area contributed by atoms with Gasteiger partial charge in [0.05, 0.1) is 11.4 Å². The average Bonchev–Trinajstić information content (AvgIpc) is 3.18. The van der Waals surface area contributed by atoms with Crippen molar-refractivity contribution in [1.29, 1.82) is 0 Å². The Labute approximate surface area is 168 Å². The minimum absolute atomic E-state index is 0.0462. The van der Waals surface area contributed by atoms with Crippen LogP contribution in [0.5, 0.6) is 0 Å². The molecule has 0 aliphatic carbocycles. The van der Waals surface area contributed by atoms with Crippen molar-refractivity contribution in [3.63, 3.8) is 0 Å². The number of hydrogen-bond donors (Lipinski definition) is 0. The molecule has 0 atom stereocenters. The van der Waals surface area contributed by atoms with Crippen LogP contribution < -0.4 is 0 Å². The van der Waals surface area contributed by atoms with Gasteiger partial charge in [0.15, 0.2) is 5.78 Å². The predicted octanol–water partition coefficient (Wildman–Crippen LogP) is 6.09. The zero-order valence-electron chi connectivity index (χ0n) is 15.0. The summed E-state index contributed by atoms with van der Waals surface area (Å²) in [6.45, 7) is 0. The van der Waals surface area contributed by atoms with Gasteiger partial charge >= 0.3 is 0 Å². The molecule has 0 bridgehead atoms. The van der Waals surface area contributed by atoms with E-state index < -0.39 is 0 Å². The number of carbonyl (C=O) groups is 1. The summed E-state index contributed by atoms with van der Waals surface area (Å²) in [6.07, 6.45) is 5.32. The van der Waals surface area contributed by atoms with Crippen LogP contribution in [0.2, 0.25) is 5.02 Å². The molecule has 0 fully saturated rings. The quantitative estimate of drug-likeness (QED) is 0.308. The normalized spacial score (nSPS) is 11.0. The van der Waals surface area contributed by atoms with E-state index in [-0.39, 0.29) is 5.78 Å². The number of ketones is 1. The highest BCUT2D eigenvalue weighted by Crippen LogP contribution is 2.26. The molecule has 1 aromatic heterocycles. The van der Waals surface area contributed by atoms with Crippen LogP contribution in [-0.2, 0) is 0 Å². The standard InChI is InChI=1S/C24H17ClN2O/c25-21-14-11-19(12-15-21)24-20(13-16-23(28)18-7-3-1-4-8-18)17-27(26-24)22-9-5-2-6-10-22/h1-17H. The first-order valence-electron chi connectivity index (χ1n) is 8.89. The van der Waals surface area contributed by atoms with Crippen molar-refractivity contribution >= 4 is 23.5 Å². The molecule has 0 unspecified atom stereocenters. The van der Waals surface area contributed by atoms with Crippen molar-refractivity contribution in [2.45, 2.75) is 0 Å². The first-order chi connectivity index (χ1) is 13.7. The lowest BCUT2D eigenvalue weighted by molar-refractivity contribution is 0.104. The van der Waals surface area contributed by atoms with Crippen LogP contribution in [0.15, 0.2) is 97.2 Å². The number of nitrogens with zero attached hydrogens (tertiary/aromatic N) is 2. The molecule has 3 nitrogen and oxygen atoms in total. The van der Waals surface area contributed by atoms with E-state index >= 15 is 0 Å². The van der Waals surface area contributed by atoms with E-state index in [4.69, 9.17) is 16.7 Å². The van der Waals surface area contributed by atoms with Gasteiger partial charge in [-0.25, -0.2) is 4.68 Å². The fourth-order valence-electron chi connectivity index (χ4n) is 2.92. The minimum Gasteiger partial charge on any atom is -0.289 e. The van der Waals surface area contributed by atoms with Crippen LogP contribution in [0.25, 0.3) is 23.0 Å². The monoisotopic (exact) mass is 384 g/mol. The molecule has 0 N–H and O–H groups in total. The van der Waals surface area contributed by atoms with Gasteiger partial charge in [-0.05, 0) is 36.4 Å². The largest absolute Gasteiger partial charge is 0.289 e. The van der Waals surface area contributed by atoms with E-state index in [9.17, 15) is 4.79 Å². The first kappa shape index (κ1) is 18.0. The van der Waals surface area contributed by atoms with Crippen LogP contribution in [0.1, 0.15) is 15.9 Å². The maximum absolute atomic E-state index is 12.5. The molecule has 0 aliphatic rings. The van der Waals surface area contributed by atoms with E-state index in [0.717, 1.165) is 22.5 Å². The summed E-state index contributed by atoms with van der Waals surface area (Å²) >= 11 is 6.03. The first-order valence-corrected chi connectivity index (χ1v) is 9.27. The predicted molar refractivity (Wildman–Crippen MR) is 114 cm³/mol. The molecule has 0 radical (unpaired) electrons. The van der Waals surface area contributed by atoms with Crippen molar-refractivity contribution in [3.8, 4) is 16.9 Å². The van der Waals surface area contributed by atoms with Gasteiger partial charge in [-0.3, -0.25) is 4.79 Å². The topological polar surface area (TPSA) is 34.9 Å². The maximum Gasteiger partial charge on any atom is 0.185 e. The van der Waals surface area contributed by atoms with Crippen LogP contribution in [0.3, 0.4) is 0 Å². The summed E-state index contributed by atoms with van der Waals surface area (Å²) in [5.74, 6) is -0.0462. The van der Waals surface area contributed by atoms with E-state index in [1.807, 2.05) is 89.8 Å². The van der Waals surface area contributed by atoms with Gasteiger partial charge in [0.2, 0.25) is 0 Å². The summed E-state index contributed by atoms with van der Waals surface area (Å²) in [5.41, 5.74) is 4.19. The van der Waals surface area contributed by atoms with Crippen molar-refractivity contribution in [3.05, 3.63) is 113 Å². The number of benzene rings is 3. The molecule has 0 saturated heterocycles. The molecule has 4 heteroatoms. The zero-order valence-corrected chi connectivity index (χ0v) is 15.8. The fraction of sp³-hybridized carbons (Fsp3) is 0. The molecule has 136 valence electrons. The van der Waals surface area contributed by atoms with Crippen LogP contribution >= 0.6 is 11.6 Å². The molecule has 28 heavy (non-hydrogen) atoms. The third kappa shape index (κ3) is 3.95. The zero-order chi connectivity index (χ0) is 19.3. The lowest BCUT2D eigenvalue weighted by atomic mass is 10.1. The molecule has 3 aromatic carbocycles. The highest BCUT2D eigenvalue weighted by molar-refractivity contribution is 6.30. The van der Waals surface area contributed by atoms with Gasteiger partial charge in [0.25, 0.3) is 0 Å². The number of halogens is 1. The summed E-state index contributed by atoms with van der Waals surface area (Å²) < 4.78 is 1.82. The van der Waals surface area contributed by atoms with Gasteiger partial charge in [-0.15, -0.1) is 0 Å². The maximum atomic E-state index is 12.5. The minimum atomic E-state index is -0.0462. The van der Waals surface area contributed by atoms with E-state index in [1.165, 1.54) is 0 Å². The molecule has 4 rings (SSSR count). The molecule has 1 heterocycles. The Bertz CT molecular complexity index is 1110. The number of allylic oxidation sites excluding steroid dienone is 1. The van der Waals surface area contributed by atoms with Crippen molar-refractivity contribution in [2.24, 2.45) is 0 Å². The second-order valence-corrected chi connectivity index (χ2v) is 6.72. The molecule has 0 spiro atoms. The summed E-state index contributed by atoms with van der Waals surface area (Å²) in [7, 11) is 0. The van der Waals surface area contributed by atoms with Crippen LogP contribution in [0, 0.1) is 0 Å². The Morgan fingerprint density at radius 3 is 2.18 bits per heavy atom. The highest BCUT2D eigenvalue weighted by Gasteiger charge is 2.11. The number of para-hydroxylation sites is 1. The number of rotatable bonds is 5. The Hall–Kier alpha value is -3.43. The Balaban J connectivity index is 1.74. The Morgan fingerprint density at radius 1 is 0.857 bits per heavy atom. The smallest absolute Gasteiger partial charge is 0.185 e. The van der Waals surface area contributed by atoms with Crippen LogP contribution in [-0.4, -0.2) is 15.6 Å². The van der Waals surface area contributed by atoms with Gasteiger partial charge < -0.3 is 0 Å². The third-order valence-corrected chi connectivity index (χ3v) is 4.61. The SMILES string of the molecule is O=C(C=Cc1cn(-c2ccccc2)nc1-c1ccc(Cl)cc1)c1ccccc1. The molecule has 0 amide bonds. The van der Waals surface area contributed by atoms with E-state index in [2.05, 4.69) is 0 Å². The summed E-state index contributed by atoms with van der Waals surface area (Å²) in [6, 6.07) is 26.6. The lowest BCUT2D eigenvalue weighted by Gasteiger charge is -2.00. The van der Waals surface area contributed by atoms with Crippen molar-refractivity contribution in [1.82, 2.24) is 9.78 Å². The number of aromatic nitrogens is 2. The fourth-order valence-corrected chi connectivity index (χ4v) is 3.04. The molecule has 4 aromatic rings. The second kappa shape index (κ2) is 8.07. The number of carbonyl (C=O) groups excluding carboxylic acids is 1. The van der Waals surface area contributed by atoms with Gasteiger partial charge in [-0.1, -0.05) is 72.3 Å². The summed E-state index contributed by atoms with van der Waals surface area (Å²) in [4.78, 5) is 12.5. The molecular weight excluding hydrogens is 368 g/mol. The van der Waals surface area contributed by atoms with Gasteiger partial charge in [0, 0.05) is 27.9 Å². The van der Waals surface area contributed by atoms with Crippen LogP contribution in [0.4, 0.5) is 0 Å². The third-order valence-electron chi connectivity index (χ3n) is 4.35. The van der Waals surface area contributed by atoms with Crippen molar-refractivity contribution in [2.75, 3.05) is 0 Å². The molecule has 0 saturated carbocycles. The Kier molecular flexibility index (Phi) is 5.18.